The zero-order valence-electron chi connectivity index (χ0n) is 9.35. The summed E-state index contributed by atoms with van der Waals surface area (Å²) in [6.07, 6.45) is 0. The number of fused-ring (bicyclic) bond motifs is 1. The van der Waals surface area contributed by atoms with Crippen LogP contribution in [0, 0.1) is 0 Å². The van der Waals surface area contributed by atoms with Crippen molar-refractivity contribution in [2.24, 2.45) is 0 Å². The molecule has 17 heavy (non-hydrogen) atoms. The molecule has 0 saturated heterocycles. The van der Waals surface area contributed by atoms with Gasteiger partial charge in [-0.3, -0.25) is 0 Å². The highest BCUT2D eigenvalue weighted by Crippen LogP contribution is 2.20. The third kappa shape index (κ3) is 1.99. The summed E-state index contributed by atoms with van der Waals surface area (Å²) in [5.74, 6) is -0.106. The number of rotatable bonds is 2. The minimum Gasteiger partial charge on any atom is -0.497 e. The topological polar surface area (TPSA) is 65.7 Å². The maximum Gasteiger partial charge on any atom is 0.351 e. The van der Waals surface area contributed by atoms with Crippen LogP contribution in [0.3, 0.4) is 0 Å². The van der Waals surface area contributed by atoms with Gasteiger partial charge in [-0.25, -0.2) is 9.59 Å². The minimum atomic E-state index is -0.719. The van der Waals surface area contributed by atoms with E-state index < -0.39 is 11.6 Å². The zero-order chi connectivity index (χ0) is 12.4. The Morgan fingerprint density at radius 2 is 2.00 bits per heavy atom. The van der Waals surface area contributed by atoms with Crippen LogP contribution in [-0.4, -0.2) is 20.2 Å². The summed E-state index contributed by atoms with van der Waals surface area (Å²) in [6.45, 7) is 0. The smallest absolute Gasteiger partial charge is 0.351 e. The van der Waals surface area contributed by atoms with Crippen molar-refractivity contribution in [2.45, 2.75) is 0 Å². The van der Waals surface area contributed by atoms with E-state index in [1.807, 2.05) is 0 Å². The van der Waals surface area contributed by atoms with Crippen LogP contribution in [0.25, 0.3) is 11.0 Å². The SMILES string of the molecule is COC(=O)c1cc2cc(OC)ccc2oc1=O. The van der Waals surface area contributed by atoms with Gasteiger partial charge in [0.1, 0.15) is 16.9 Å². The number of esters is 1. The first kappa shape index (κ1) is 11.2. The van der Waals surface area contributed by atoms with Crippen molar-refractivity contribution in [2.75, 3.05) is 14.2 Å². The van der Waals surface area contributed by atoms with Crippen LogP contribution in [0.5, 0.6) is 5.75 Å². The minimum absolute atomic E-state index is 0.131. The molecule has 0 bridgehead atoms. The van der Waals surface area contributed by atoms with E-state index in [4.69, 9.17) is 9.15 Å². The molecule has 0 saturated carbocycles. The fraction of sp³-hybridized carbons (Fsp3) is 0.167. The van der Waals surface area contributed by atoms with Gasteiger partial charge in [0.2, 0.25) is 0 Å². The summed E-state index contributed by atoms with van der Waals surface area (Å²) < 4.78 is 14.5. The lowest BCUT2D eigenvalue weighted by molar-refractivity contribution is 0.0596. The summed E-state index contributed by atoms with van der Waals surface area (Å²) >= 11 is 0. The second-order valence-corrected chi connectivity index (χ2v) is 3.34. The lowest BCUT2D eigenvalue weighted by Gasteiger charge is -2.03. The van der Waals surface area contributed by atoms with Crippen molar-refractivity contribution >= 4 is 16.9 Å². The second-order valence-electron chi connectivity index (χ2n) is 3.34. The van der Waals surface area contributed by atoms with Gasteiger partial charge >= 0.3 is 11.6 Å². The van der Waals surface area contributed by atoms with Gasteiger partial charge in [-0.05, 0) is 24.3 Å². The van der Waals surface area contributed by atoms with Crippen LogP contribution in [-0.2, 0) is 4.74 Å². The van der Waals surface area contributed by atoms with Gasteiger partial charge < -0.3 is 13.9 Å². The van der Waals surface area contributed by atoms with Crippen LogP contribution < -0.4 is 10.4 Å². The summed E-state index contributed by atoms with van der Waals surface area (Å²) in [6, 6.07) is 6.37. The van der Waals surface area contributed by atoms with E-state index >= 15 is 0 Å². The number of carbonyl (C=O) groups is 1. The van der Waals surface area contributed by atoms with E-state index in [1.165, 1.54) is 20.3 Å². The Morgan fingerprint density at radius 1 is 1.24 bits per heavy atom. The van der Waals surface area contributed by atoms with Crippen molar-refractivity contribution in [1.29, 1.82) is 0 Å². The highest BCUT2D eigenvalue weighted by atomic mass is 16.5. The first-order valence-electron chi connectivity index (χ1n) is 4.86. The normalized spacial score (nSPS) is 10.2. The summed E-state index contributed by atoms with van der Waals surface area (Å²) in [5.41, 5.74) is -0.453. The molecule has 88 valence electrons. The molecule has 2 aromatic rings. The number of carbonyl (C=O) groups excluding carboxylic acids is 1. The molecule has 0 amide bonds. The molecule has 1 aromatic carbocycles. The number of hydrogen-bond acceptors (Lipinski definition) is 5. The largest absolute Gasteiger partial charge is 0.497 e. The van der Waals surface area contributed by atoms with Crippen LogP contribution in [0.1, 0.15) is 10.4 Å². The molecule has 5 heteroatoms. The molecular weight excluding hydrogens is 224 g/mol. The number of hydrogen-bond donors (Lipinski definition) is 0. The Balaban J connectivity index is 2.68. The van der Waals surface area contributed by atoms with E-state index in [9.17, 15) is 9.59 Å². The highest BCUT2D eigenvalue weighted by Gasteiger charge is 2.13. The Hall–Kier alpha value is -2.30. The van der Waals surface area contributed by atoms with Crippen LogP contribution in [0.2, 0.25) is 0 Å². The van der Waals surface area contributed by atoms with E-state index in [-0.39, 0.29) is 5.56 Å². The fourth-order valence-electron chi connectivity index (χ4n) is 1.48. The van der Waals surface area contributed by atoms with Crippen molar-refractivity contribution in [3.8, 4) is 5.75 Å². The molecule has 0 spiro atoms. The first-order valence-corrected chi connectivity index (χ1v) is 4.86. The quantitative estimate of drug-likeness (QED) is 0.583. The number of ether oxygens (including phenoxy) is 2. The van der Waals surface area contributed by atoms with Gasteiger partial charge in [0, 0.05) is 5.39 Å². The fourth-order valence-corrected chi connectivity index (χ4v) is 1.48. The molecule has 0 unspecified atom stereocenters. The average molecular weight is 234 g/mol. The third-order valence-electron chi connectivity index (χ3n) is 2.34. The van der Waals surface area contributed by atoms with Crippen molar-refractivity contribution in [3.05, 3.63) is 40.2 Å². The molecular formula is C12H10O5. The van der Waals surface area contributed by atoms with Gasteiger partial charge in [0.25, 0.3) is 0 Å². The maximum absolute atomic E-state index is 11.5. The average Bonchev–Trinajstić information content (AvgIpc) is 2.36. The predicted molar refractivity (Wildman–Crippen MR) is 60.4 cm³/mol. The molecule has 0 aliphatic carbocycles. The van der Waals surface area contributed by atoms with Gasteiger partial charge in [0.05, 0.1) is 14.2 Å². The molecule has 0 N–H and O–H groups in total. The summed E-state index contributed by atoms with van der Waals surface area (Å²) in [5, 5.41) is 0.601. The lowest BCUT2D eigenvalue weighted by Crippen LogP contribution is -2.14. The van der Waals surface area contributed by atoms with Crippen molar-refractivity contribution < 1.29 is 18.7 Å². The van der Waals surface area contributed by atoms with Gasteiger partial charge in [-0.2, -0.15) is 0 Å². The molecule has 1 aromatic heterocycles. The van der Waals surface area contributed by atoms with Crippen LogP contribution in [0.15, 0.2) is 33.5 Å². The maximum atomic E-state index is 11.5. The summed E-state index contributed by atoms with van der Waals surface area (Å²) in [4.78, 5) is 22.8. The Bertz CT molecular complexity index is 626. The number of benzene rings is 1. The van der Waals surface area contributed by atoms with E-state index in [0.717, 1.165) is 0 Å². The Morgan fingerprint density at radius 3 is 2.65 bits per heavy atom. The van der Waals surface area contributed by atoms with Gasteiger partial charge in [0.15, 0.2) is 0 Å². The number of methoxy groups -OCH3 is 2. The Kier molecular flexibility index (Phi) is 2.82. The molecule has 0 aliphatic rings. The molecule has 0 aliphatic heterocycles. The van der Waals surface area contributed by atoms with E-state index in [2.05, 4.69) is 4.74 Å². The Labute approximate surface area is 96.6 Å². The predicted octanol–water partition coefficient (Wildman–Crippen LogP) is 1.59. The standard InChI is InChI=1S/C12H10O5/c1-15-8-3-4-10-7(5-8)6-9(11(13)16-2)12(14)17-10/h3-6H,1-2H3. The van der Waals surface area contributed by atoms with Crippen LogP contribution >= 0.6 is 0 Å². The molecule has 0 atom stereocenters. The van der Waals surface area contributed by atoms with E-state index in [0.29, 0.717) is 16.7 Å². The van der Waals surface area contributed by atoms with Gasteiger partial charge in [-0.15, -0.1) is 0 Å². The second kappa shape index (κ2) is 4.29. The van der Waals surface area contributed by atoms with E-state index in [1.54, 1.807) is 18.2 Å². The molecule has 0 fully saturated rings. The third-order valence-corrected chi connectivity index (χ3v) is 2.34. The van der Waals surface area contributed by atoms with Gasteiger partial charge in [-0.1, -0.05) is 0 Å². The monoisotopic (exact) mass is 234 g/mol. The molecule has 1 heterocycles. The summed E-state index contributed by atoms with van der Waals surface area (Å²) in [7, 11) is 2.74. The van der Waals surface area contributed by atoms with Crippen molar-refractivity contribution in [3.63, 3.8) is 0 Å². The zero-order valence-corrected chi connectivity index (χ0v) is 9.35. The van der Waals surface area contributed by atoms with Crippen LogP contribution in [0.4, 0.5) is 0 Å². The van der Waals surface area contributed by atoms with Crippen molar-refractivity contribution in [1.82, 2.24) is 0 Å². The molecule has 0 radical (unpaired) electrons. The first-order chi connectivity index (χ1) is 8.15. The lowest BCUT2D eigenvalue weighted by atomic mass is 10.2. The highest BCUT2D eigenvalue weighted by molar-refractivity contribution is 5.93. The molecule has 5 nitrogen and oxygen atoms in total. The molecule has 2 rings (SSSR count).